The average molecular weight is 401 g/mol. The van der Waals surface area contributed by atoms with E-state index in [1.165, 1.54) is 24.0 Å². The molecule has 2 aromatic rings. The van der Waals surface area contributed by atoms with Gasteiger partial charge in [0.15, 0.2) is 0 Å². The zero-order chi connectivity index (χ0) is 20.1. The van der Waals surface area contributed by atoms with Crippen LogP contribution in [0.15, 0.2) is 23.6 Å². The minimum Gasteiger partial charge on any atom is -0.486 e. The molecule has 1 aliphatic rings. The lowest BCUT2D eigenvalue weighted by Crippen LogP contribution is -2.41. The van der Waals surface area contributed by atoms with Crippen LogP contribution in [-0.2, 0) is 17.9 Å². The molecule has 1 atom stereocenters. The molecule has 5 heteroatoms. The number of nitrogens with zero attached hydrogens (tertiary/aromatic N) is 2. The number of ether oxygens (including phenoxy) is 1. The van der Waals surface area contributed by atoms with Crippen LogP contribution in [0.5, 0.6) is 5.75 Å². The molecule has 28 heavy (non-hydrogen) atoms. The fourth-order valence-electron chi connectivity index (χ4n) is 3.69. The van der Waals surface area contributed by atoms with E-state index in [0.29, 0.717) is 19.1 Å². The van der Waals surface area contributed by atoms with Crippen molar-refractivity contribution in [1.29, 1.82) is 0 Å². The van der Waals surface area contributed by atoms with Gasteiger partial charge in [-0.2, -0.15) is 0 Å². The van der Waals surface area contributed by atoms with Gasteiger partial charge in [0.2, 0.25) is 5.91 Å². The number of rotatable bonds is 8. The Bertz CT molecular complexity index is 796. The van der Waals surface area contributed by atoms with Crippen molar-refractivity contribution in [3.05, 3.63) is 45.4 Å². The summed E-state index contributed by atoms with van der Waals surface area (Å²) < 4.78 is 5.91. The topological polar surface area (TPSA) is 42.4 Å². The molecule has 1 fully saturated rings. The first-order valence-electron chi connectivity index (χ1n) is 10.4. The SMILES string of the molecule is CC[C@@H](C)N(Cc1csc(COc2ccc(C)c(C)c2)n1)C(=O)C1CCCC1. The molecule has 0 bridgehead atoms. The van der Waals surface area contributed by atoms with Crippen molar-refractivity contribution >= 4 is 17.2 Å². The summed E-state index contributed by atoms with van der Waals surface area (Å²) in [4.78, 5) is 19.8. The number of benzene rings is 1. The first kappa shape index (κ1) is 20.8. The predicted molar refractivity (Wildman–Crippen MR) is 115 cm³/mol. The molecular formula is C23H32N2O2S. The molecule has 1 aromatic carbocycles. The highest BCUT2D eigenvalue weighted by molar-refractivity contribution is 7.09. The zero-order valence-corrected chi connectivity index (χ0v) is 18.3. The number of aryl methyl sites for hydroxylation is 2. The molecule has 0 N–H and O–H groups in total. The summed E-state index contributed by atoms with van der Waals surface area (Å²) in [6.45, 7) is 9.54. The van der Waals surface area contributed by atoms with Crippen molar-refractivity contribution in [2.75, 3.05) is 0 Å². The van der Waals surface area contributed by atoms with E-state index >= 15 is 0 Å². The number of hydrogen-bond acceptors (Lipinski definition) is 4. The number of thiazole rings is 1. The number of carbonyl (C=O) groups excluding carboxylic acids is 1. The van der Waals surface area contributed by atoms with Gasteiger partial charge in [-0.1, -0.05) is 25.8 Å². The Morgan fingerprint density at radius 3 is 2.71 bits per heavy atom. The fraction of sp³-hybridized carbons (Fsp3) is 0.565. The van der Waals surface area contributed by atoms with Crippen LogP contribution >= 0.6 is 11.3 Å². The lowest BCUT2D eigenvalue weighted by molar-refractivity contribution is -0.138. The third-order valence-corrected chi connectivity index (χ3v) is 6.75. The molecule has 0 radical (unpaired) electrons. The van der Waals surface area contributed by atoms with Gasteiger partial charge in [-0.3, -0.25) is 4.79 Å². The third-order valence-electron chi connectivity index (χ3n) is 5.88. The molecular weight excluding hydrogens is 368 g/mol. The Hall–Kier alpha value is -1.88. The van der Waals surface area contributed by atoms with E-state index in [-0.39, 0.29) is 12.0 Å². The lowest BCUT2D eigenvalue weighted by atomic mass is 10.0. The third kappa shape index (κ3) is 5.13. The largest absolute Gasteiger partial charge is 0.486 e. The maximum absolute atomic E-state index is 13.0. The highest BCUT2D eigenvalue weighted by atomic mass is 32.1. The summed E-state index contributed by atoms with van der Waals surface area (Å²) in [7, 11) is 0. The van der Waals surface area contributed by atoms with Crippen LogP contribution in [0.2, 0.25) is 0 Å². The van der Waals surface area contributed by atoms with E-state index in [0.717, 1.165) is 35.7 Å². The number of aromatic nitrogens is 1. The van der Waals surface area contributed by atoms with Crippen molar-refractivity contribution in [3.63, 3.8) is 0 Å². The van der Waals surface area contributed by atoms with Crippen LogP contribution in [0.25, 0.3) is 0 Å². The lowest BCUT2D eigenvalue weighted by Gasteiger charge is -2.30. The van der Waals surface area contributed by atoms with Gasteiger partial charge >= 0.3 is 0 Å². The molecule has 1 aromatic heterocycles. The summed E-state index contributed by atoms with van der Waals surface area (Å²) in [6, 6.07) is 6.39. The molecule has 0 aliphatic heterocycles. The Balaban J connectivity index is 1.62. The molecule has 0 spiro atoms. The fourth-order valence-corrected chi connectivity index (χ4v) is 4.39. The van der Waals surface area contributed by atoms with Gasteiger partial charge in [-0.05, 0) is 63.3 Å². The molecule has 1 saturated carbocycles. The van der Waals surface area contributed by atoms with E-state index < -0.39 is 0 Å². The summed E-state index contributed by atoms with van der Waals surface area (Å²) in [6.07, 6.45) is 5.41. The standard InChI is InChI=1S/C23H32N2O2S/c1-5-18(4)25(23(26)19-8-6-7-9-19)13-20-15-28-22(24-20)14-27-21-11-10-16(2)17(3)12-21/h10-12,15,18-19H,5-9,13-14H2,1-4H3/t18-/m1/s1. The Kier molecular flexibility index (Phi) is 7.11. The molecule has 1 heterocycles. The minimum atomic E-state index is 0.209. The van der Waals surface area contributed by atoms with Crippen LogP contribution in [0.4, 0.5) is 0 Å². The molecule has 1 aliphatic carbocycles. The summed E-state index contributed by atoms with van der Waals surface area (Å²) in [5, 5.41) is 3.02. The zero-order valence-electron chi connectivity index (χ0n) is 17.5. The maximum Gasteiger partial charge on any atom is 0.226 e. The van der Waals surface area contributed by atoms with Gasteiger partial charge in [0, 0.05) is 17.3 Å². The Labute approximate surface area is 172 Å². The average Bonchev–Trinajstić information content (AvgIpc) is 3.38. The maximum atomic E-state index is 13.0. The van der Waals surface area contributed by atoms with Crippen molar-refractivity contribution in [2.45, 2.75) is 79.0 Å². The van der Waals surface area contributed by atoms with Gasteiger partial charge in [0.1, 0.15) is 17.4 Å². The molecule has 4 nitrogen and oxygen atoms in total. The van der Waals surface area contributed by atoms with Gasteiger partial charge in [-0.15, -0.1) is 11.3 Å². The number of hydrogen-bond donors (Lipinski definition) is 0. The van der Waals surface area contributed by atoms with E-state index in [4.69, 9.17) is 9.72 Å². The monoisotopic (exact) mass is 400 g/mol. The molecule has 0 unspecified atom stereocenters. The second-order valence-electron chi connectivity index (χ2n) is 7.97. The summed E-state index contributed by atoms with van der Waals surface area (Å²) in [5.41, 5.74) is 3.46. The number of amides is 1. The minimum absolute atomic E-state index is 0.209. The van der Waals surface area contributed by atoms with Gasteiger partial charge in [-0.25, -0.2) is 4.98 Å². The summed E-state index contributed by atoms with van der Waals surface area (Å²) >= 11 is 1.61. The molecule has 152 valence electrons. The smallest absolute Gasteiger partial charge is 0.226 e. The quantitative estimate of drug-likeness (QED) is 0.574. The highest BCUT2D eigenvalue weighted by Crippen LogP contribution is 2.28. The predicted octanol–water partition coefficient (Wildman–Crippen LogP) is 5.66. The highest BCUT2D eigenvalue weighted by Gasteiger charge is 2.29. The van der Waals surface area contributed by atoms with E-state index in [1.807, 2.05) is 11.0 Å². The Morgan fingerprint density at radius 2 is 2.04 bits per heavy atom. The van der Waals surface area contributed by atoms with Crippen LogP contribution in [0.3, 0.4) is 0 Å². The van der Waals surface area contributed by atoms with Gasteiger partial charge in [0.25, 0.3) is 0 Å². The van der Waals surface area contributed by atoms with Crippen LogP contribution in [-0.4, -0.2) is 21.8 Å². The molecule has 3 rings (SSSR count). The first-order valence-corrected chi connectivity index (χ1v) is 11.3. The second kappa shape index (κ2) is 9.55. The van der Waals surface area contributed by atoms with Crippen molar-refractivity contribution < 1.29 is 9.53 Å². The van der Waals surface area contributed by atoms with Gasteiger partial charge < -0.3 is 9.64 Å². The van der Waals surface area contributed by atoms with Crippen molar-refractivity contribution in [3.8, 4) is 5.75 Å². The van der Waals surface area contributed by atoms with Gasteiger partial charge in [0.05, 0.1) is 12.2 Å². The number of carbonyl (C=O) groups is 1. The Morgan fingerprint density at radius 1 is 1.29 bits per heavy atom. The van der Waals surface area contributed by atoms with E-state index in [9.17, 15) is 4.79 Å². The van der Waals surface area contributed by atoms with Crippen molar-refractivity contribution in [2.24, 2.45) is 5.92 Å². The summed E-state index contributed by atoms with van der Waals surface area (Å²) in [5.74, 6) is 1.39. The van der Waals surface area contributed by atoms with Crippen LogP contribution < -0.4 is 4.74 Å². The first-order chi connectivity index (χ1) is 13.5. The van der Waals surface area contributed by atoms with Crippen molar-refractivity contribution in [1.82, 2.24) is 9.88 Å². The second-order valence-corrected chi connectivity index (χ2v) is 8.91. The van der Waals surface area contributed by atoms with Crippen LogP contribution in [0.1, 0.15) is 67.8 Å². The van der Waals surface area contributed by atoms with E-state index in [2.05, 4.69) is 45.2 Å². The normalized spacial score (nSPS) is 15.6. The van der Waals surface area contributed by atoms with E-state index in [1.54, 1.807) is 11.3 Å². The van der Waals surface area contributed by atoms with Crippen LogP contribution in [0, 0.1) is 19.8 Å². The molecule has 1 amide bonds. The molecule has 0 saturated heterocycles.